The Morgan fingerprint density at radius 1 is 0.795 bits per heavy atom. The third kappa shape index (κ3) is 8.74. The smallest absolute Gasteiger partial charge is 0.329 e. The summed E-state index contributed by atoms with van der Waals surface area (Å²) in [7, 11) is 0. The summed E-state index contributed by atoms with van der Waals surface area (Å²) in [4.78, 5) is 53.5. The van der Waals surface area contributed by atoms with Gasteiger partial charge < -0.3 is 28.7 Å². The lowest BCUT2D eigenvalue weighted by Crippen LogP contribution is -2.45. The maximum Gasteiger partial charge on any atom is 0.329 e. The first kappa shape index (κ1) is 30.5. The molecule has 2 aliphatic rings. The van der Waals surface area contributed by atoms with Crippen LogP contribution in [0, 0.1) is 0 Å². The van der Waals surface area contributed by atoms with Crippen molar-refractivity contribution in [2.75, 3.05) is 26.3 Å². The summed E-state index contributed by atoms with van der Waals surface area (Å²) < 4.78 is 22.1. The van der Waals surface area contributed by atoms with E-state index in [2.05, 4.69) is 0 Å². The van der Waals surface area contributed by atoms with Gasteiger partial charge in [0.2, 0.25) is 0 Å². The molecule has 0 bridgehead atoms. The van der Waals surface area contributed by atoms with Gasteiger partial charge in [0.05, 0.1) is 5.02 Å². The van der Waals surface area contributed by atoms with Gasteiger partial charge in [-0.05, 0) is 79.4 Å². The molecule has 39 heavy (non-hydrogen) atoms. The molecule has 11 heteroatoms. The molecule has 2 heterocycles. The van der Waals surface area contributed by atoms with Crippen LogP contribution >= 0.6 is 11.6 Å². The third-order valence-corrected chi connectivity index (χ3v) is 6.42. The average molecular weight is 567 g/mol. The maximum atomic E-state index is 12.8. The van der Waals surface area contributed by atoms with Crippen molar-refractivity contribution >= 4 is 35.4 Å². The molecular formula is C28H39ClN2O8. The topological polar surface area (TPSA) is 112 Å². The quantitative estimate of drug-likeness (QED) is 0.437. The van der Waals surface area contributed by atoms with Crippen LogP contribution in [0.15, 0.2) is 18.2 Å². The molecule has 2 aliphatic heterocycles. The van der Waals surface area contributed by atoms with Gasteiger partial charge >= 0.3 is 11.9 Å². The van der Waals surface area contributed by atoms with Crippen molar-refractivity contribution in [3.8, 4) is 11.5 Å². The van der Waals surface area contributed by atoms with E-state index in [1.807, 2.05) is 0 Å². The first-order valence-corrected chi connectivity index (χ1v) is 13.6. The molecule has 0 N–H and O–H groups in total. The summed E-state index contributed by atoms with van der Waals surface area (Å²) in [5, 5.41) is 0.200. The Morgan fingerprint density at radius 3 is 1.69 bits per heavy atom. The van der Waals surface area contributed by atoms with E-state index in [-0.39, 0.29) is 35.8 Å². The first-order valence-electron chi connectivity index (χ1n) is 13.2. The van der Waals surface area contributed by atoms with Crippen LogP contribution in [0.25, 0.3) is 0 Å². The van der Waals surface area contributed by atoms with Crippen LogP contribution in [0.3, 0.4) is 0 Å². The number of carbonyl (C=O) groups is 4. The van der Waals surface area contributed by atoms with Crippen molar-refractivity contribution in [1.82, 2.24) is 9.80 Å². The third-order valence-electron chi connectivity index (χ3n) is 6.12. The number of esters is 2. The van der Waals surface area contributed by atoms with Crippen LogP contribution in [0.5, 0.6) is 11.5 Å². The van der Waals surface area contributed by atoms with Crippen molar-refractivity contribution in [3.05, 3.63) is 23.2 Å². The Labute approximate surface area is 234 Å². The van der Waals surface area contributed by atoms with E-state index < -0.39 is 35.2 Å². The molecule has 0 aliphatic carbocycles. The molecule has 2 saturated heterocycles. The fourth-order valence-corrected chi connectivity index (χ4v) is 4.72. The van der Waals surface area contributed by atoms with Crippen LogP contribution in [-0.4, -0.2) is 83.1 Å². The Kier molecular flexibility index (Phi) is 9.74. The van der Waals surface area contributed by atoms with Gasteiger partial charge in [0.25, 0.3) is 11.8 Å². The highest BCUT2D eigenvalue weighted by molar-refractivity contribution is 6.32. The summed E-state index contributed by atoms with van der Waals surface area (Å²) in [6.45, 7) is 11.1. The first-order chi connectivity index (χ1) is 18.1. The minimum atomic E-state index is -0.638. The molecule has 3 rings (SSSR count). The maximum absolute atomic E-state index is 12.8. The number of rotatable bonds is 8. The lowest BCUT2D eigenvalue weighted by Gasteiger charge is -2.27. The van der Waals surface area contributed by atoms with Gasteiger partial charge in [-0.2, -0.15) is 0 Å². The predicted octanol–water partition coefficient (Wildman–Crippen LogP) is 3.76. The lowest BCUT2D eigenvalue weighted by molar-refractivity contribution is -0.164. The molecule has 0 radical (unpaired) electrons. The molecule has 1 aromatic carbocycles. The van der Waals surface area contributed by atoms with Gasteiger partial charge in [-0.25, -0.2) is 9.59 Å². The monoisotopic (exact) mass is 566 g/mol. The highest BCUT2D eigenvalue weighted by Crippen LogP contribution is 2.30. The van der Waals surface area contributed by atoms with Crippen molar-refractivity contribution < 1.29 is 38.1 Å². The average Bonchev–Trinajstić information content (AvgIpc) is 3.50. The van der Waals surface area contributed by atoms with E-state index in [0.29, 0.717) is 44.5 Å². The fraction of sp³-hybridized carbons (Fsp3) is 0.643. The standard InChI is InChI=1S/C28H39ClN2O8/c1-27(2,3)38-25(34)20-9-7-13-30(20)23(32)16-36-18-11-12-22(19(29)15-18)37-17-24(33)31-14-8-10-21(31)26(35)39-28(4,5)6/h11-12,15,20-21H,7-10,13-14,16-17H2,1-6H3/t20-,21-/m1/s1. The zero-order chi connectivity index (χ0) is 29.0. The van der Waals surface area contributed by atoms with Crippen molar-refractivity contribution in [3.63, 3.8) is 0 Å². The Hall–Kier alpha value is -3.01. The molecule has 2 fully saturated rings. The Morgan fingerprint density at radius 2 is 1.26 bits per heavy atom. The number of ether oxygens (including phenoxy) is 4. The fourth-order valence-electron chi connectivity index (χ4n) is 4.50. The van der Waals surface area contributed by atoms with E-state index in [1.165, 1.54) is 15.9 Å². The number of nitrogens with zero attached hydrogens (tertiary/aromatic N) is 2. The number of carbonyl (C=O) groups excluding carboxylic acids is 4. The second-order valence-electron chi connectivity index (χ2n) is 11.7. The minimum Gasteiger partial charge on any atom is -0.484 e. The minimum absolute atomic E-state index is 0.200. The Balaban J connectivity index is 1.51. The number of likely N-dealkylation sites (tertiary alicyclic amines) is 2. The SMILES string of the molecule is CC(C)(C)OC(=O)[C@H]1CCCN1C(=O)COc1ccc(OCC(=O)N2CCC[C@@H]2C(=O)OC(C)(C)C)c(Cl)c1. The highest BCUT2D eigenvalue weighted by atomic mass is 35.5. The molecule has 10 nitrogen and oxygen atoms in total. The number of amides is 2. The predicted molar refractivity (Wildman–Crippen MR) is 144 cm³/mol. The van der Waals surface area contributed by atoms with Crippen LogP contribution < -0.4 is 9.47 Å². The summed E-state index contributed by atoms with van der Waals surface area (Å²) in [5.41, 5.74) is -1.27. The van der Waals surface area contributed by atoms with Gasteiger partial charge in [-0.15, -0.1) is 0 Å². The molecule has 1 aromatic rings. The summed E-state index contributed by atoms with van der Waals surface area (Å²) >= 11 is 6.33. The second-order valence-corrected chi connectivity index (χ2v) is 12.1. The molecule has 2 amide bonds. The van der Waals surface area contributed by atoms with Crippen molar-refractivity contribution in [1.29, 1.82) is 0 Å². The summed E-state index contributed by atoms with van der Waals surface area (Å²) in [6, 6.07) is 3.36. The van der Waals surface area contributed by atoms with Gasteiger partial charge in [-0.3, -0.25) is 9.59 Å². The highest BCUT2D eigenvalue weighted by Gasteiger charge is 2.38. The lowest BCUT2D eigenvalue weighted by atomic mass is 10.1. The van der Waals surface area contributed by atoms with E-state index in [9.17, 15) is 19.2 Å². The number of hydrogen-bond donors (Lipinski definition) is 0. The van der Waals surface area contributed by atoms with Crippen molar-refractivity contribution in [2.45, 2.75) is 90.5 Å². The van der Waals surface area contributed by atoms with E-state index in [1.54, 1.807) is 53.7 Å². The van der Waals surface area contributed by atoms with Crippen LogP contribution in [0.2, 0.25) is 5.02 Å². The summed E-state index contributed by atoms with van der Waals surface area (Å²) in [6.07, 6.45) is 2.51. The number of hydrogen-bond acceptors (Lipinski definition) is 8. The molecule has 0 spiro atoms. The van der Waals surface area contributed by atoms with Gasteiger partial charge in [-0.1, -0.05) is 11.6 Å². The van der Waals surface area contributed by atoms with E-state index in [4.69, 9.17) is 30.5 Å². The molecular weight excluding hydrogens is 528 g/mol. The molecule has 2 atom stereocenters. The molecule has 0 unspecified atom stereocenters. The van der Waals surface area contributed by atoms with E-state index >= 15 is 0 Å². The Bertz CT molecular complexity index is 1080. The number of benzene rings is 1. The molecule has 216 valence electrons. The van der Waals surface area contributed by atoms with Gasteiger partial charge in [0.1, 0.15) is 34.8 Å². The van der Waals surface area contributed by atoms with E-state index in [0.717, 1.165) is 0 Å². The largest absolute Gasteiger partial charge is 0.484 e. The van der Waals surface area contributed by atoms with Gasteiger partial charge in [0, 0.05) is 19.2 Å². The van der Waals surface area contributed by atoms with Crippen molar-refractivity contribution in [2.24, 2.45) is 0 Å². The summed E-state index contributed by atoms with van der Waals surface area (Å²) in [5.74, 6) is -0.899. The molecule has 0 saturated carbocycles. The van der Waals surface area contributed by atoms with Gasteiger partial charge in [0.15, 0.2) is 13.2 Å². The van der Waals surface area contributed by atoms with Crippen LogP contribution in [-0.2, 0) is 28.7 Å². The zero-order valence-electron chi connectivity index (χ0n) is 23.6. The second kappa shape index (κ2) is 12.4. The molecule has 0 aromatic heterocycles. The van der Waals surface area contributed by atoms with Crippen LogP contribution in [0.4, 0.5) is 0 Å². The normalized spacial score (nSPS) is 19.6. The van der Waals surface area contributed by atoms with Crippen LogP contribution in [0.1, 0.15) is 67.2 Å². The number of halogens is 1. The zero-order valence-corrected chi connectivity index (χ0v) is 24.3.